The lowest BCUT2D eigenvalue weighted by Gasteiger charge is -2.08. The second-order valence-electron chi connectivity index (χ2n) is 3.50. The summed E-state index contributed by atoms with van der Waals surface area (Å²) in [7, 11) is 0. The molecular formula is C12H10ClN3O2. The lowest BCUT2D eigenvalue weighted by Crippen LogP contribution is -2.06. The van der Waals surface area contributed by atoms with Gasteiger partial charge in [-0.05, 0) is 18.2 Å². The Morgan fingerprint density at radius 2 is 2.11 bits per heavy atom. The first-order chi connectivity index (χ1) is 8.68. The number of rotatable bonds is 4. The van der Waals surface area contributed by atoms with Gasteiger partial charge in [0.05, 0.1) is 22.8 Å². The SMILES string of the molecule is O=C(O)c1ccnc(NCc2ccccn2)c1Cl. The van der Waals surface area contributed by atoms with E-state index in [-0.39, 0.29) is 10.6 Å². The van der Waals surface area contributed by atoms with Gasteiger partial charge < -0.3 is 10.4 Å². The van der Waals surface area contributed by atoms with E-state index in [1.807, 2.05) is 18.2 Å². The normalized spacial score (nSPS) is 10.1. The van der Waals surface area contributed by atoms with Crippen molar-refractivity contribution in [2.24, 2.45) is 0 Å². The third-order valence-corrected chi connectivity index (χ3v) is 2.67. The molecule has 0 aliphatic heterocycles. The molecule has 0 amide bonds. The van der Waals surface area contributed by atoms with Crippen LogP contribution in [0.4, 0.5) is 5.82 Å². The van der Waals surface area contributed by atoms with Crippen LogP contribution >= 0.6 is 11.6 Å². The first kappa shape index (κ1) is 12.3. The summed E-state index contributed by atoms with van der Waals surface area (Å²) in [5.74, 6) is -0.745. The fourth-order valence-corrected chi connectivity index (χ4v) is 1.67. The summed E-state index contributed by atoms with van der Waals surface area (Å²) in [5.41, 5.74) is 0.839. The summed E-state index contributed by atoms with van der Waals surface area (Å²) >= 11 is 5.94. The lowest BCUT2D eigenvalue weighted by molar-refractivity contribution is 0.0697. The molecule has 5 nitrogen and oxygen atoms in total. The molecule has 2 rings (SSSR count). The van der Waals surface area contributed by atoms with E-state index in [1.165, 1.54) is 12.3 Å². The average Bonchev–Trinajstić information content (AvgIpc) is 2.38. The number of hydrogen-bond donors (Lipinski definition) is 2. The van der Waals surface area contributed by atoms with Crippen LogP contribution < -0.4 is 5.32 Å². The molecule has 0 atom stereocenters. The zero-order chi connectivity index (χ0) is 13.0. The molecule has 0 fully saturated rings. The van der Waals surface area contributed by atoms with Crippen LogP contribution in [-0.2, 0) is 6.54 Å². The molecule has 6 heteroatoms. The van der Waals surface area contributed by atoms with Crippen LogP contribution in [0, 0.1) is 0 Å². The minimum absolute atomic E-state index is 0.0233. The van der Waals surface area contributed by atoms with Gasteiger partial charge in [0.2, 0.25) is 0 Å². The molecule has 2 aromatic rings. The van der Waals surface area contributed by atoms with Gasteiger partial charge in [-0.1, -0.05) is 17.7 Å². The summed E-state index contributed by atoms with van der Waals surface area (Å²) in [5, 5.41) is 12.0. The maximum Gasteiger partial charge on any atom is 0.337 e. The van der Waals surface area contributed by atoms with Gasteiger partial charge in [0.25, 0.3) is 0 Å². The highest BCUT2D eigenvalue weighted by Gasteiger charge is 2.12. The van der Waals surface area contributed by atoms with Crippen LogP contribution in [0.15, 0.2) is 36.7 Å². The monoisotopic (exact) mass is 263 g/mol. The molecule has 0 saturated carbocycles. The van der Waals surface area contributed by atoms with Crippen LogP contribution in [0.25, 0.3) is 0 Å². The largest absolute Gasteiger partial charge is 0.478 e. The highest BCUT2D eigenvalue weighted by molar-refractivity contribution is 6.35. The van der Waals surface area contributed by atoms with Crippen LogP contribution in [-0.4, -0.2) is 21.0 Å². The first-order valence-electron chi connectivity index (χ1n) is 5.20. The van der Waals surface area contributed by atoms with Crippen molar-refractivity contribution in [3.8, 4) is 0 Å². The summed E-state index contributed by atoms with van der Waals surface area (Å²) in [6.45, 7) is 0.427. The van der Waals surface area contributed by atoms with Gasteiger partial charge in [-0.3, -0.25) is 4.98 Å². The standard InChI is InChI=1S/C12H10ClN3O2/c13-10-9(12(17)18)4-6-15-11(10)16-7-8-3-1-2-5-14-8/h1-6H,7H2,(H,15,16)(H,17,18). The van der Waals surface area contributed by atoms with Crippen molar-refractivity contribution in [2.75, 3.05) is 5.32 Å². The zero-order valence-corrected chi connectivity index (χ0v) is 10.1. The van der Waals surface area contributed by atoms with Crippen molar-refractivity contribution < 1.29 is 9.90 Å². The molecule has 0 aliphatic rings. The lowest BCUT2D eigenvalue weighted by atomic mass is 10.2. The number of nitrogens with one attached hydrogen (secondary N) is 1. The number of halogens is 1. The molecule has 0 unspecified atom stereocenters. The van der Waals surface area contributed by atoms with Crippen molar-refractivity contribution in [3.63, 3.8) is 0 Å². The number of pyridine rings is 2. The Bertz CT molecular complexity index is 561. The quantitative estimate of drug-likeness (QED) is 0.886. The Labute approximate surface area is 108 Å². The second kappa shape index (κ2) is 5.46. The molecule has 92 valence electrons. The minimum atomic E-state index is -1.08. The van der Waals surface area contributed by atoms with Crippen LogP contribution in [0.3, 0.4) is 0 Å². The minimum Gasteiger partial charge on any atom is -0.478 e. The Kier molecular flexibility index (Phi) is 3.74. The molecule has 0 spiro atoms. The third kappa shape index (κ3) is 2.75. The highest BCUT2D eigenvalue weighted by Crippen LogP contribution is 2.23. The maximum atomic E-state index is 10.9. The Morgan fingerprint density at radius 3 is 2.78 bits per heavy atom. The first-order valence-corrected chi connectivity index (χ1v) is 5.58. The number of anilines is 1. The van der Waals surface area contributed by atoms with Crippen molar-refractivity contribution in [1.82, 2.24) is 9.97 Å². The average molecular weight is 264 g/mol. The summed E-state index contributed by atoms with van der Waals surface area (Å²) in [4.78, 5) is 19.0. The Morgan fingerprint density at radius 1 is 1.28 bits per heavy atom. The second-order valence-corrected chi connectivity index (χ2v) is 3.88. The zero-order valence-electron chi connectivity index (χ0n) is 9.30. The van der Waals surface area contributed by atoms with Gasteiger partial charge >= 0.3 is 5.97 Å². The fourth-order valence-electron chi connectivity index (χ4n) is 1.41. The van der Waals surface area contributed by atoms with Gasteiger partial charge in [0, 0.05) is 12.4 Å². The highest BCUT2D eigenvalue weighted by atomic mass is 35.5. The van der Waals surface area contributed by atoms with E-state index in [2.05, 4.69) is 15.3 Å². The number of carboxylic acid groups (broad SMARTS) is 1. The van der Waals surface area contributed by atoms with E-state index in [4.69, 9.17) is 16.7 Å². The number of carboxylic acids is 1. The van der Waals surface area contributed by atoms with Crippen molar-refractivity contribution in [2.45, 2.75) is 6.54 Å². The summed E-state index contributed by atoms with van der Waals surface area (Å²) in [6.07, 6.45) is 3.08. The number of aromatic nitrogens is 2. The molecule has 2 heterocycles. The van der Waals surface area contributed by atoms with Crippen molar-refractivity contribution in [1.29, 1.82) is 0 Å². The third-order valence-electron chi connectivity index (χ3n) is 2.28. The van der Waals surface area contributed by atoms with E-state index < -0.39 is 5.97 Å². The maximum absolute atomic E-state index is 10.9. The van der Waals surface area contributed by atoms with E-state index in [0.29, 0.717) is 12.4 Å². The van der Waals surface area contributed by atoms with Gasteiger partial charge in [0.15, 0.2) is 0 Å². The van der Waals surface area contributed by atoms with E-state index in [0.717, 1.165) is 5.69 Å². The summed E-state index contributed by atoms with van der Waals surface area (Å²) < 4.78 is 0. The molecule has 18 heavy (non-hydrogen) atoms. The van der Waals surface area contributed by atoms with Crippen molar-refractivity contribution in [3.05, 3.63) is 52.9 Å². The number of carbonyl (C=O) groups is 1. The smallest absolute Gasteiger partial charge is 0.337 e. The Hall–Kier alpha value is -2.14. The molecule has 0 radical (unpaired) electrons. The topological polar surface area (TPSA) is 75.1 Å². The molecule has 0 aliphatic carbocycles. The molecule has 2 N–H and O–H groups in total. The summed E-state index contributed by atoms with van der Waals surface area (Å²) in [6, 6.07) is 6.89. The molecular weight excluding hydrogens is 254 g/mol. The fraction of sp³-hybridized carbons (Fsp3) is 0.0833. The number of hydrogen-bond acceptors (Lipinski definition) is 4. The molecule has 2 aromatic heterocycles. The molecule has 0 aromatic carbocycles. The van der Waals surface area contributed by atoms with Gasteiger partial charge in [-0.2, -0.15) is 0 Å². The van der Waals surface area contributed by atoms with Crippen LogP contribution in [0.1, 0.15) is 16.1 Å². The van der Waals surface area contributed by atoms with E-state index in [9.17, 15) is 4.79 Å². The Balaban J connectivity index is 2.15. The van der Waals surface area contributed by atoms with Crippen molar-refractivity contribution >= 4 is 23.4 Å². The number of nitrogens with zero attached hydrogens (tertiary/aromatic N) is 2. The predicted molar refractivity (Wildman–Crippen MR) is 67.8 cm³/mol. The molecule has 0 bridgehead atoms. The predicted octanol–water partition coefficient (Wildman–Crippen LogP) is 2.44. The van der Waals surface area contributed by atoms with Gasteiger partial charge in [-0.15, -0.1) is 0 Å². The van der Waals surface area contributed by atoms with Crippen LogP contribution in [0.5, 0.6) is 0 Å². The molecule has 0 saturated heterocycles. The van der Waals surface area contributed by atoms with Crippen LogP contribution in [0.2, 0.25) is 5.02 Å². The van der Waals surface area contributed by atoms with E-state index in [1.54, 1.807) is 6.20 Å². The number of aromatic carboxylic acids is 1. The van der Waals surface area contributed by atoms with E-state index >= 15 is 0 Å². The van der Waals surface area contributed by atoms with Gasteiger partial charge in [-0.25, -0.2) is 9.78 Å². The van der Waals surface area contributed by atoms with Gasteiger partial charge in [0.1, 0.15) is 5.82 Å².